The largest absolute Gasteiger partial charge is 0.872 e. The van der Waals surface area contributed by atoms with Crippen molar-refractivity contribution in [1.82, 2.24) is 15.2 Å². The SMILES string of the molecule is CCc1nc(S/C(=C\c2ccc(N(CC)CC)cc2[O-])C(=O)O)n[nH]1. The first kappa shape index (κ1) is 18.9. The van der Waals surface area contributed by atoms with E-state index >= 15 is 0 Å². The fourth-order valence-electron chi connectivity index (χ4n) is 2.28. The molecule has 134 valence electrons. The van der Waals surface area contributed by atoms with Crippen LogP contribution in [0.1, 0.15) is 32.2 Å². The zero-order chi connectivity index (χ0) is 18.4. The lowest BCUT2D eigenvalue weighted by atomic mass is 10.1. The van der Waals surface area contributed by atoms with Crippen LogP contribution in [-0.4, -0.2) is 39.3 Å². The Labute approximate surface area is 150 Å². The van der Waals surface area contributed by atoms with Gasteiger partial charge in [0, 0.05) is 25.2 Å². The van der Waals surface area contributed by atoms with Gasteiger partial charge in [-0.05, 0) is 49.4 Å². The highest BCUT2D eigenvalue weighted by atomic mass is 32.2. The lowest BCUT2D eigenvalue weighted by Crippen LogP contribution is -2.21. The normalized spacial score (nSPS) is 11.6. The molecule has 25 heavy (non-hydrogen) atoms. The molecule has 0 saturated carbocycles. The molecule has 0 bridgehead atoms. The molecule has 0 radical (unpaired) electrons. The van der Waals surface area contributed by atoms with Crippen LogP contribution in [-0.2, 0) is 11.2 Å². The summed E-state index contributed by atoms with van der Waals surface area (Å²) in [6, 6.07) is 5.01. The van der Waals surface area contributed by atoms with Gasteiger partial charge in [0.2, 0.25) is 5.16 Å². The third kappa shape index (κ3) is 4.76. The van der Waals surface area contributed by atoms with E-state index in [1.54, 1.807) is 6.07 Å². The van der Waals surface area contributed by atoms with E-state index in [4.69, 9.17) is 0 Å². The first-order valence-corrected chi connectivity index (χ1v) is 8.90. The molecule has 8 heteroatoms. The zero-order valence-corrected chi connectivity index (χ0v) is 15.3. The number of aryl methyl sites for hydroxylation is 1. The summed E-state index contributed by atoms with van der Waals surface area (Å²) in [7, 11) is 0. The van der Waals surface area contributed by atoms with Crippen LogP contribution in [0.4, 0.5) is 5.69 Å². The van der Waals surface area contributed by atoms with Crippen molar-refractivity contribution in [3.05, 3.63) is 34.5 Å². The quantitative estimate of drug-likeness (QED) is 0.550. The van der Waals surface area contributed by atoms with Gasteiger partial charge in [-0.3, -0.25) is 5.10 Å². The molecule has 1 aromatic carbocycles. The van der Waals surface area contributed by atoms with Crippen LogP contribution < -0.4 is 10.0 Å². The lowest BCUT2D eigenvalue weighted by molar-refractivity contribution is -0.268. The Morgan fingerprint density at radius 2 is 2.08 bits per heavy atom. The van der Waals surface area contributed by atoms with E-state index < -0.39 is 5.97 Å². The Morgan fingerprint density at radius 3 is 2.60 bits per heavy atom. The maximum Gasteiger partial charge on any atom is 0.342 e. The van der Waals surface area contributed by atoms with Crippen molar-refractivity contribution in [3.8, 4) is 5.75 Å². The molecule has 7 nitrogen and oxygen atoms in total. The van der Waals surface area contributed by atoms with E-state index in [1.807, 2.05) is 26.8 Å². The maximum atomic E-state index is 12.3. The highest BCUT2D eigenvalue weighted by molar-refractivity contribution is 8.04. The van der Waals surface area contributed by atoms with E-state index in [1.165, 1.54) is 12.1 Å². The van der Waals surface area contributed by atoms with Crippen LogP contribution in [0.15, 0.2) is 28.3 Å². The molecule has 0 aliphatic heterocycles. The van der Waals surface area contributed by atoms with Crippen LogP contribution >= 0.6 is 11.8 Å². The van der Waals surface area contributed by atoms with Crippen molar-refractivity contribution in [2.45, 2.75) is 32.3 Å². The van der Waals surface area contributed by atoms with Crippen molar-refractivity contribution < 1.29 is 15.0 Å². The Morgan fingerprint density at radius 1 is 1.36 bits per heavy atom. The number of aliphatic carboxylic acids is 1. The Bertz CT molecular complexity index is 769. The molecule has 1 aromatic heterocycles. The van der Waals surface area contributed by atoms with Crippen molar-refractivity contribution in [3.63, 3.8) is 0 Å². The standard InChI is InChI=1S/C17H22N4O3S/c1-4-15-18-17(20-19-15)25-14(16(23)24)9-11-7-8-12(10-13(11)22)21(5-2)6-3/h7-10,22H,4-6H2,1-3H3,(H,23,24)(H,18,19,20)/p-1/b14-9-. The molecule has 0 fully saturated rings. The second-order valence-corrected chi connectivity index (χ2v) is 6.24. The van der Waals surface area contributed by atoms with Crippen molar-refractivity contribution in [1.29, 1.82) is 0 Å². The number of carboxylic acid groups (broad SMARTS) is 1. The number of H-pyrrole nitrogens is 1. The predicted octanol–water partition coefficient (Wildman–Crippen LogP) is 2.50. The highest BCUT2D eigenvalue weighted by Gasteiger charge is 2.14. The van der Waals surface area contributed by atoms with Crippen molar-refractivity contribution in [2.75, 3.05) is 18.0 Å². The molecular formula is C17H21N4O3S-. The molecule has 2 rings (SSSR count). The topological polar surface area (TPSA) is 105 Å². The molecule has 0 atom stereocenters. The van der Waals surface area contributed by atoms with Crippen LogP contribution in [0.5, 0.6) is 5.75 Å². The van der Waals surface area contributed by atoms with E-state index in [2.05, 4.69) is 20.1 Å². The van der Waals surface area contributed by atoms with Gasteiger partial charge in [-0.1, -0.05) is 18.7 Å². The minimum absolute atomic E-state index is 0.00524. The number of benzene rings is 1. The van der Waals surface area contributed by atoms with Gasteiger partial charge in [-0.15, -0.1) is 5.10 Å². The van der Waals surface area contributed by atoms with E-state index in [0.29, 0.717) is 23.0 Å². The molecule has 1 heterocycles. The Balaban J connectivity index is 2.28. The number of carboxylic acids is 1. The summed E-state index contributed by atoms with van der Waals surface area (Å²) in [6.45, 7) is 7.55. The Kier molecular flexibility index (Phi) is 6.46. The van der Waals surface area contributed by atoms with Gasteiger partial charge in [-0.25, -0.2) is 9.78 Å². The van der Waals surface area contributed by atoms with Crippen LogP contribution in [0.3, 0.4) is 0 Å². The molecular weight excluding hydrogens is 340 g/mol. The first-order valence-electron chi connectivity index (χ1n) is 8.08. The van der Waals surface area contributed by atoms with Gasteiger partial charge in [0.25, 0.3) is 0 Å². The molecule has 0 amide bonds. The van der Waals surface area contributed by atoms with Crippen LogP contribution in [0, 0.1) is 0 Å². The van der Waals surface area contributed by atoms with Gasteiger partial charge in [0.05, 0.1) is 0 Å². The summed E-state index contributed by atoms with van der Waals surface area (Å²) in [6.07, 6.45) is 2.04. The summed E-state index contributed by atoms with van der Waals surface area (Å²) in [5.74, 6) is -0.659. The number of nitrogens with one attached hydrogen (secondary N) is 1. The summed E-state index contributed by atoms with van der Waals surface area (Å²) >= 11 is 0.915. The maximum absolute atomic E-state index is 12.3. The number of aromatic nitrogens is 3. The first-order chi connectivity index (χ1) is 12.0. The second kappa shape index (κ2) is 8.57. The monoisotopic (exact) mass is 361 g/mol. The Hall–Kier alpha value is -2.48. The molecule has 2 aromatic rings. The number of carbonyl (C=O) groups is 1. The summed E-state index contributed by atoms with van der Waals surface area (Å²) in [5, 5.41) is 28.8. The number of hydrogen-bond acceptors (Lipinski definition) is 6. The predicted molar refractivity (Wildman–Crippen MR) is 96.7 cm³/mol. The van der Waals surface area contributed by atoms with E-state index in [0.717, 1.165) is 30.5 Å². The highest BCUT2D eigenvalue weighted by Crippen LogP contribution is 2.29. The number of hydrogen-bond donors (Lipinski definition) is 2. The van der Waals surface area contributed by atoms with E-state index in [9.17, 15) is 15.0 Å². The molecule has 2 N–H and O–H groups in total. The smallest absolute Gasteiger partial charge is 0.342 e. The van der Waals surface area contributed by atoms with Crippen molar-refractivity contribution in [2.24, 2.45) is 0 Å². The fourth-order valence-corrected chi connectivity index (χ4v) is 3.00. The minimum Gasteiger partial charge on any atom is -0.872 e. The summed E-state index contributed by atoms with van der Waals surface area (Å²) < 4.78 is 0. The average molecular weight is 361 g/mol. The molecule has 0 aliphatic rings. The third-order valence-corrected chi connectivity index (χ3v) is 4.55. The zero-order valence-electron chi connectivity index (χ0n) is 14.4. The van der Waals surface area contributed by atoms with E-state index in [-0.39, 0.29) is 10.7 Å². The second-order valence-electron chi connectivity index (χ2n) is 5.23. The minimum atomic E-state index is -1.12. The van der Waals surface area contributed by atoms with Crippen LogP contribution in [0.25, 0.3) is 6.08 Å². The number of nitrogens with zero attached hydrogens (tertiary/aromatic N) is 3. The fraction of sp³-hybridized carbons (Fsp3) is 0.353. The molecule has 0 saturated heterocycles. The average Bonchev–Trinajstić information content (AvgIpc) is 3.05. The van der Waals surface area contributed by atoms with Gasteiger partial charge in [0.15, 0.2) is 0 Å². The van der Waals surface area contributed by atoms with Gasteiger partial charge >= 0.3 is 5.97 Å². The molecule has 0 aliphatic carbocycles. The van der Waals surface area contributed by atoms with Gasteiger partial charge in [0.1, 0.15) is 10.7 Å². The summed E-state index contributed by atoms with van der Waals surface area (Å²) in [5.41, 5.74) is 1.16. The number of thioether (sulfide) groups is 1. The lowest BCUT2D eigenvalue weighted by Gasteiger charge is -2.23. The molecule has 0 spiro atoms. The summed E-state index contributed by atoms with van der Waals surface area (Å²) in [4.78, 5) is 17.7. The van der Waals surface area contributed by atoms with Gasteiger partial charge < -0.3 is 15.1 Å². The third-order valence-electron chi connectivity index (χ3n) is 3.67. The van der Waals surface area contributed by atoms with Crippen LogP contribution in [0.2, 0.25) is 0 Å². The molecule has 0 unspecified atom stereocenters. The number of anilines is 1. The van der Waals surface area contributed by atoms with Crippen molar-refractivity contribution >= 4 is 29.5 Å². The number of aromatic amines is 1. The number of rotatable bonds is 8. The van der Waals surface area contributed by atoms with Gasteiger partial charge in [-0.2, -0.15) is 0 Å².